The Morgan fingerprint density at radius 3 is 2.69 bits per heavy atom. The average molecular weight is 352 g/mol. The number of carbonyl (C=O) groups excluding carboxylic acids is 1. The molecular formula is C18H16N4O4. The maximum atomic E-state index is 12.3. The fourth-order valence-electron chi connectivity index (χ4n) is 2.61. The number of carboxylic acids is 1. The van der Waals surface area contributed by atoms with E-state index >= 15 is 0 Å². The van der Waals surface area contributed by atoms with E-state index < -0.39 is 18.1 Å². The smallest absolute Gasteiger partial charge is 0.323 e. The van der Waals surface area contributed by atoms with Crippen molar-refractivity contribution in [3.05, 3.63) is 46.0 Å². The molecule has 0 aliphatic heterocycles. The van der Waals surface area contributed by atoms with Gasteiger partial charge in [0.15, 0.2) is 0 Å². The molecular weight excluding hydrogens is 336 g/mol. The average Bonchev–Trinajstić information content (AvgIpc) is 3.42. The first-order chi connectivity index (χ1) is 12.4. The number of rotatable bonds is 5. The molecule has 0 unspecified atom stereocenters. The first-order valence-corrected chi connectivity index (χ1v) is 8.04. The minimum atomic E-state index is -1.14. The highest BCUT2D eigenvalue weighted by Crippen LogP contribution is 2.33. The topological polar surface area (TPSA) is 125 Å². The number of hydrogen-bond donors (Lipinski definition) is 2. The van der Waals surface area contributed by atoms with Crippen LogP contribution in [0.2, 0.25) is 0 Å². The van der Waals surface area contributed by atoms with Gasteiger partial charge in [-0.05, 0) is 38.0 Å². The van der Waals surface area contributed by atoms with Gasteiger partial charge in [-0.15, -0.1) is 0 Å². The highest BCUT2D eigenvalue weighted by molar-refractivity contribution is 5.97. The predicted molar refractivity (Wildman–Crippen MR) is 92.4 cm³/mol. The molecule has 1 aromatic heterocycles. The fourth-order valence-corrected chi connectivity index (χ4v) is 2.61. The molecule has 1 aromatic carbocycles. The van der Waals surface area contributed by atoms with Crippen molar-refractivity contribution in [3.8, 4) is 17.3 Å². The van der Waals surface area contributed by atoms with Crippen LogP contribution in [0, 0.1) is 24.2 Å². The molecule has 0 saturated heterocycles. The van der Waals surface area contributed by atoms with Crippen molar-refractivity contribution in [1.82, 2.24) is 9.55 Å². The lowest BCUT2D eigenvalue weighted by Crippen LogP contribution is -2.27. The molecule has 1 aliphatic rings. The fraction of sp³-hybridized carbons (Fsp3) is 0.278. The zero-order chi connectivity index (χ0) is 18.8. The molecule has 1 heterocycles. The number of benzene rings is 1. The number of hydrogen-bond acceptors (Lipinski definition) is 5. The molecule has 0 spiro atoms. The van der Waals surface area contributed by atoms with Crippen LogP contribution in [-0.2, 0) is 16.1 Å². The van der Waals surface area contributed by atoms with E-state index in [2.05, 4.69) is 10.3 Å². The van der Waals surface area contributed by atoms with E-state index in [0.717, 1.165) is 17.4 Å². The first kappa shape index (κ1) is 17.4. The minimum absolute atomic E-state index is 0.0214. The van der Waals surface area contributed by atoms with E-state index in [0.29, 0.717) is 22.5 Å². The third-order valence-corrected chi connectivity index (χ3v) is 4.12. The quantitative estimate of drug-likeness (QED) is 0.840. The standard InChI is InChI=1S/C18H16N4O4/c1-10-20-15(7-16(23)22(10)9-17(24)25)13-5-2-11(8-19)6-14(13)21-18(26)12-3-4-12/h2,5-7,12H,3-4,9H2,1H3,(H,21,26)(H,24,25). The summed E-state index contributed by atoms with van der Waals surface area (Å²) < 4.78 is 1.05. The second-order valence-corrected chi connectivity index (χ2v) is 6.14. The SMILES string of the molecule is Cc1nc(-c2ccc(C#N)cc2NC(=O)C2CC2)cc(=O)n1CC(=O)O. The number of amides is 1. The zero-order valence-electron chi connectivity index (χ0n) is 14.0. The number of anilines is 1. The van der Waals surface area contributed by atoms with Crippen LogP contribution in [0.25, 0.3) is 11.3 Å². The molecule has 1 saturated carbocycles. The van der Waals surface area contributed by atoms with E-state index in [4.69, 9.17) is 10.4 Å². The number of nitrogens with one attached hydrogen (secondary N) is 1. The van der Waals surface area contributed by atoms with Crippen LogP contribution in [0.3, 0.4) is 0 Å². The van der Waals surface area contributed by atoms with Gasteiger partial charge in [0.1, 0.15) is 12.4 Å². The largest absolute Gasteiger partial charge is 0.480 e. The molecule has 132 valence electrons. The highest BCUT2D eigenvalue weighted by atomic mass is 16.4. The summed E-state index contributed by atoms with van der Waals surface area (Å²) in [5.74, 6) is -1.04. The number of aliphatic carboxylic acids is 1. The van der Waals surface area contributed by atoms with Crippen LogP contribution in [0.1, 0.15) is 24.2 Å². The summed E-state index contributed by atoms with van der Waals surface area (Å²) in [6, 6.07) is 7.96. The lowest BCUT2D eigenvalue weighted by Gasteiger charge is -2.13. The van der Waals surface area contributed by atoms with E-state index in [-0.39, 0.29) is 17.6 Å². The van der Waals surface area contributed by atoms with Gasteiger partial charge in [-0.1, -0.05) is 0 Å². The number of aryl methyl sites for hydroxylation is 1. The van der Waals surface area contributed by atoms with Crippen molar-refractivity contribution in [2.24, 2.45) is 5.92 Å². The molecule has 1 amide bonds. The van der Waals surface area contributed by atoms with Crippen molar-refractivity contribution in [2.75, 3.05) is 5.32 Å². The second kappa shape index (κ2) is 6.80. The number of aromatic nitrogens is 2. The molecule has 0 atom stereocenters. The normalized spacial score (nSPS) is 13.1. The van der Waals surface area contributed by atoms with Crippen LogP contribution in [0.15, 0.2) is 29.1 Å². The Hall–Kier alpha value is -3.47. The molecule has 2 N–H and O–H groups in total. The van der Waals surface area contributed by atoms with Gasteiger partial charge < -0.3 is 10.4 Å². The van der Waals surface area contributed by atoms with E-state index in [9.17, 15) is 14.4 Å². The highest BCUT2D eigenvalue weighted by Gasteiger charge is 2.30. The molecule has 1 fully saturated rings. The molecule has 3 rings (SSSR count). The van der Waals surface area contributed by atoms with Gasteiger partial charge in [0, 0.05) is 17.5 Å². The van der Waals surface area contributed by atoms with Gasteiger partial charge in [0.2, 0.25) is 5.91 Å². The van der Waals surface area contributed by atoms with Gasteiger partial charge in [0.05, 0.1) is 23.0 Å². The Bertz CT molecular complexity index is 999. The lowest BCUT2D eigenvalue weighted by atomic mass is 10.1. The first-order valence-electron chi connectivity index (χ1n) is 8.04. The van der Waals surface area contributed by atoms with Crippen LogP contribution in [-0.4, -0.2) is 26.5 Å². The van der Waals surface area contributed by atoms with Gasteiger partial charge in [0.25, 0.3) is 5.56 Å². The predicted octanol–water partition coefficient (Wildman–Crippen LogP) is 1.52. The van der Waals surface area contributed by atoms with Crippen molar-refractivity contribution in [1.29, 1.82) is 5.26 Å². The summed E-state index contributed by atoms with van der Waals surface area (Å²) in [4.78, 5) is 39.6. The number of carbonyl (C=O) groups is 2. The summed E-state index contributed by atoms with van der Waals surface area (Å²) in [6.07, 6.45) is 1.67. The molecule has 2 aromatic rings. The van der Waals surface area contributed by atoms with Gasteiger partial charge in [-0.25, -0.2) is 4.98 Å². The lowest BCUT2D eigenvalue weighted by molar-refractivity contribution is -0.137. The molecule has 26 heavy (non-hydrogen) atoms. The molecule has 8 heteroatoms. The van der Waals surface area contributed by atoms with Gasteiger partial charge in [-0.2, -0.15) is 5.26 Å². The number of nitrogens with zero attached hydrogens (tertiary/aromatic N) is 3. The maximum Gasteiger partial charge on any atom is 0.323 e. The van der Waals surface area contributed by atoms with Crippen molar-refractivity contribution < 1.29 is 14.7 Å². The minimum Gasteiger partial charge on any atom is -0.480 e. The second-order valence-electron chi connectivity index (χ2n) is 6.14. The Morgan fingerprint density at radius 2 is 2.12 bits per heavy atom. The summed E-state index contributed by atoms with van der Waals surface area (Å²) in [6.45, 7) is 1.07. The van der Waals surface area contributed by atoms with E-state index in [1.165, 1.54) is 12.1 Å². The van der Waals surface area contributed by atoms with Crippen LogP contribution in [0.5, 0.6) is 0 Å². The Kier molecular flexibility index (Phi) is 4.54. The Morgan fingerprint density at radius 1 is 1.38 bits per heavy atom. The van der Waals surface area contributed by atoms with Gasteiger partial charge >= 0.3 is 5.97 Å². The van der Waals surface area contributed by atoms with Gasteiger partial charge in [-0.3, -0.25) is 19.0 Å². The van der Waals surface area contributed by atoms with Crippen molar-refractivity contribution in [3.63, 3.8) is 0 Å². The van der Waals surface area contributed by atoms with Crippen molar-refractivity contribution in [2.45, 2.75) is 26.3 Å². The summed E-state index contributed by atoms with van der Waals surface area (Å²) in [5, 5.41) is 20.8. The number of nitriles is 1. The molecule has 8 nitrogen and oxygen atoms in total. The molecule has 1 aliphatic carbocycles. The Labute approximate surface area is 148 Å². The van der Waals surface area contributed by atoms with E-state index in [1.807, 2.05) is 6.07 Å². The summed E-state index contributed by atoms with van der Waals surface area (Å²) in [7, 11) is 0. The van der Waals surface area contributed by atoms with E-state index in [1.54, 1.807) is 19.1 Å². The summed E-state index contributed by atoms with van der Waals surface area (Å²) >= 11 is 0. The number of carboxylic acid groups (broad SMARTS) is 1. The molecule has 0 radical (unpaired) electrons. The zero-order valence-corrected chi connectivity index (χ0v) is 14.0. The molecule has 0 bridgehead atoms. The monoisotopic (exact) mass is 352 g/mol. The third-order valence-electron chi connectivity index (χ3n) is 4.12. The van der Waals surface area contributed by atoms with Crippen LogP contribution < -0.4 is 10.9 Å². The maximum absolute atomic E-state index is 12.3. The summed E-state index contributed by atoms with van der Waals surface area (Å²) in [5.41, 5.74) is 1.09. The van der Waals surface area contributed by atoms with Crippen LogP contribution in [0.4, 0.5) is 5.69 Å². The Balaban J connectivity index is 2.05. The van der Waals surface area contributed by atoms with Crippen molar-refractivity contribution >= 4 is 17.6 Å². The van der Waals surface area contributed by atoms with Crippen LogP contribution >= 0.6 is 0 Å². The third kappa shape index (κ3) is 3.62.